The smallest absolute Gasteiger partial charge is 0.268 e. The first-order chi connectivity index (χ1) is 11.5. The van der Waals surface area contributed by atoms with Crippen LogP contribution < -0.4 is 13.8 Å². The second-order valence-electron chi connectivity index (χ2n) is 5.28. The molecule has 126 valence electrons. The van der Waals surface area contributed by atoms with Crippen LogP contribution in [0.5, 0.6) is 11.5 Å². The van der Waals surface area contributed by atoms with E-state index in [9.17, 15) is 13.2 Å². The first-order valence-electron chi connectivity index (χ1n) is 7.36. The molecule has 7 heteroatoms. The Morgan fingerprint density at radius 1 is 1.04 bits per heavy atom. The summed E-state index contributed by atoms with van der Waals surface area (Å²) in [6, 6.07) is 11.3. The number of rotatable bonds is 4. The van der Waals surface area contributed by atoms with Gasteiger partial charge in [-0.3, -0.25) is 9.10 Å². The molecule has 0 radical (unpaired) electrons. The molecule has 1 aliphatic rings. The van der Waals surface area contributed by atoms with Gasteiger partial charge in [-0.2, -0.15) is 0 Å². The van der Waals surface area contributed by atoms with Crippen molar-refractivity contribution in [2.45, 2.75) is 11.3 Å². The van der Waals surface area contributed by atoms with Gasteiger partial charge in [0.1, 0.15) is 16.4 Å². The maximum Gasteiger partial charge on any atom is 0.268 e. The third-order valence-corrected chi connectivity index (χ3v) is 5.81. The maximum absolute atomic E-state index is 13.1. The highest BCUT2D eigenvalue weighted by molar-refractivity contribution is 7.93. The first kappa shape index (κ1) is 16.3. The average Bonchev–Trinajstić information content (AvgIpc) is 2.61. The lowest BCUT2D eigenvalue weighted by atomic mass is 10.0. The quantitative estimate of drug-likeness (QED) is 0.849. The Hall–Kier alpha value is -2.54. The van der Waals surface area contributed by atoms with Crippen LogP contribution in [-0.4, -0.2) is 35.0 Å². The fourth-order valence-corrected chi connectivity index (χ4v) is 4.37. The molecule has 0 saturated heterocycles. The minimum atomic E-state index is -3.87. The van der Waals surface area contributed by atoms with Crippen LogP contribution >= 0.6 is 0 Å². The Labute approximate surface area is 140 Å². The van der Waals surface area contributed by atoms with Crippen molar-refractivity contribution >= 4 is 21.5 Å². The van der Waals surface area contributed by atoms with Crippen molar-refractivity contribution in [3.8, 4) is 11.5 Å². The van der Waals surface area contributed by atoms with Crippen molar-refractivity contribution in [2.24, 2.45) is 0 Å². The van der Waals surface area contributed by atoms with Crippen molar-refractivity contribution in [2.75, 3.05) is 25.1 Å². The highest BCUT2D eigenvalue weighted by Crippen LogP contribution is 2.36. The molecular weight excluding hydrogens is 330 g/mol. The molecule has 0 bridgehead atoms. The van der Waals surface area contributed by atoms with Gasteiger partial charge < -0.3 is 9.47 Å². The van der Waals surface area contributed by atoms with Crippen LogP contribution in [0.4, 0.5) is 5.69 Å². The summed E-state index contributed by atoms with van der Waals surface area (Å²) in [7, 11) is -0.966. The molecule has 0 saturated carbocycles. The van der Waals surface area contributed by atoms with Crippen molar-refractivity contribution in [3.63, 3.8) is 0 Å². The van der Waals surface area contributed by atoms with Crippen LogP contribution in [0.2, 0.25) is 0 Å². The second kappa shape index (κ2) is 6.16. The minimum Gasteiger partial charge on any atom is -0.497 e. The molecule has 1 aliphatic heterocycles. The summed E-state index contributed by atoms with van der Waals surface area (Å²) in [5.41, 5.74) is 0.812. The zero-order chi connectivity index (χ0) is 17.3. The number of hydrogen-bond donors (Lipinski definition) is 0. The van der Waals surface area contributed by atoms with Crippen molar-refractivity contribution in [3.05, 3.63) is 48.0 Å². The van der Waals surface area contributed by atoms with E-state index in [-0.39, 0.29) is 29.4 Å². The van der Waals surface area contributed by atoms with Crippen LogP contribution in [0, 0.1) is 0 Å². The summed E-state index contributed by atoms with van der Waals surface area (Å²) in [5, 5.41) is 0. The Morgan fingerprint density at radius 2 is 1.79 bits per heavy atom. The lowest BCUT2D eigenvalue weighted by Gasteiger charge is -2.30. The number of methoxy groups -OCH3 is 2. The summed E-state index contributed by atoms with van der Waals surface area (Å²) in [5.74, 6) is 0.641. The van der Waals surface area contributed by atoms with Gasteiger partial charge in [0.05, 0.1) is 19.9 Å². The van der Waals surface area contributed by atoms with Gasteiger partial charge in [0.2, 0.25) is 0 Å². The number of hydrogen-bond acceptors (Lipinski definition) is 5. The van der Waals surface area contributed by atoms with E-state index in [1.165, 1.54) is 30.7 Å². The van der Waals surface area contributed by atoms with Gasteiger partial charge in [-0.15, -0.1) is 0 Å². The summed E-state index contributed by atoms with van der Waals surface area (Å²) >= 11 is 0. The van der Waals surface area contributed by atoms with E-state index in [4.69, 9.17) is 9.47 Å². The van der Waals surface area contributed by atoms with E-state index < -0.39 is 10.0 Å². The van der Waals surface area contributed by atoms with Crippen LogP contribution in [-0.2, 0) is 10.0 Å². The normalized spacial score (nSPS) is 14.2. The predicted octanol–water partition coefficient (Wildman–Crippen LogP) is 2.49. The van der Waals surface area contributed by atoms with E-state index in [2.05, 4.69) is 0 Å². The van der Waals surface area contributed by atoms with E-state index >= 15 is 0 Å². The Kier molecular flexibility index (Phi) is 4.19. The van der Waals surface area contributed by atoms with Crippen molar-refractivity contribution in [1.82, 2.24) is 0 Å². The molecular formula is C17H17NO5S. The highest BCUT2D eigenvalue weighted by atomic mass is 32.2. The van der Waals surface area contributed by atoms with E-state index in [1.54, 1.807) is 30.3 Å². The molecule has 0 aromatic heterocycles. The number of sulfonamides is 1. The average molecular weight is 347 g/mol. The van der Waals surface area contributed by atoms with Crippen molar-refractivity contribution in [1.29, 1.82) is 0 Å². The Bertz CT molecular complexity index is 892. The molecule has 2 aromatic rings. The number of fused-ring (bicyclic) bond motifs is 1. The minimum absolute atomic E-state index is 0.0370. The maximum atomic E-state index is 13.1. The third-order valence-electron chi connectivity index (χ3n) is 3.95. The molecule has 0 spiro atoms. The lowest BCUT2D eigenvalue weighted by Crippen LogP contribution is -2.37. The molecule has 1 heterocycles. The molecule has 3 rings (SSSR count). The summed E-state index contributed by atoms with van der Waals surface area (Å²) in [4.78, 5) is 12.1. The molecule has 0 N–H and O–H groups in total. The predicted molar refractivity (Wildman–Crippen MR) is 89.5 cm³/mol. The molecule has 0 amide bonds. The van der Waals surface area contributed by atoms with E-state index in [0.29, 0.717) is 17.0 Å². The zero-order valence-corrected chi connectivity index (χ0v) is 14.2. The largest absolute Gasteiger partial charge is 0.497 e. The monoisotopic (exact) mass is 347 g/mol. The standard InChI is InChI=1S/C17H17NO5S/c1-22-12-7-8-17(16(11-12)23-2)24(20,21)18-10-9-15(19)13-5-3-4-6-14(13)18/h3-8,11H,9-10H2,1-2H3. The summed E-state index contributed by atoms with van der Waals surface area (Å²) in [6.45, 7) is 0.105. The fourth-order valence-electron chi connectivity index (χ4n) is 2.74. The summed E-state index contributed by atoms with van der Waals surface area (Å²) in [6.07, 6.45) is 0.148. The molecule has 2 aromatic carbocycles. The highest BCUT2D eigenvalue weighted by Gasteiger charge is 2.34. The lowest BCUT2D eigenvalue weighted by molar-refractivity contribution is 0.0982. The van der Waals surface area contributed by atoms with E-state index in [1.807, 2.05) is 0 Å². The molecule has 24 heavy (non-hydrogen) atoms. The van der Waals surface area contributed by atoms with Crippen LogP contribution in [0.15, 0.2) is 47.4 Å². The number of ether oxygens (including phenoxy) is 2. The summed E-state index contributed by atoms with van der Waals surface area (Å²) < 4.78 is 37.8. The van der Waals surface area contributed by atoms with Gasteiger partial charge >= 0.3 is 0 Å². The Morgan fingerprint density at radius 3 is 2.50 bits per heavy atom. The number of carbonyl (C=O) groups excluding carboxylic acids is 1. The Balaban J connectivity index is 2.13. The molecule has 0 atom stereocenters. The van der Waals surface area contributed by atoms with Crippen molar-refractivity contribution < 1.29 is 22.7 Å². The first-order valence-corrected chi connectivity index (χ1v) is 8.80. The van der Waals surface area contributed by atoms with Gasteiger partial charge in [0.25, 0.3) is 10.0 Å². The number of para-hydroxylation sites is 1. The number of Topliss-reactive ketones (excluding diaryl/α,β-unsaturated/α-hetero) is 1. The number of anilines is 1. The third kappa shape index (κ3) is 2.60. The number of carbonyl (C=O) groups is 1. The van der Waals surface area contributed by atoms with Gasteiger partial charge in [-0.25, -0.2) is 8.42 Å². The molecule has 0 aliphatic carbocycles. The van der Waals surface area contributed by atoms with Gasteiger partial charge in [0.15, 0.2) is 5.78 Å². The van der Waals surface area contributed by atoms with Gasteiger partial charge in [-0.05, 0) is 24.3 Å². The van der Waals surface area contributed by atoms with Crippen LogP contribution in [0.3, 0.4) is 0 Å². The number of ketones is 1. The van der Waals surface area contributed by atoms with E-state index in [0.717, 1.165) is 0 Å². The van der Waals surface area contributed by atoms with Crippen LogP contribution in [0.25, 0.3) is 0 Å². The number of nitrogens with zero attached hydrogens (tertiary/aromatic N) is 1. The van der Waals surface area contributed by atoms with Crippen LogP contribution in [0.1, 0.15) is 16.8 Å². The molecule has 6 nitrogen and oxygen atoms in total. The van der Waals surface area contributed by atoms with Gasteiger partial charge in [0, 0.05) is 24.6 Å². The zero-order valence-electron chi connectivity index (χ0n) is 13.4. The van der Waals surface area contributed by atoms with Gasteiger partial charge in [-0.1, -0.05) is 12.1 Å². The molecule has 0 fully saturated rings. The molecule has 0 unspecified atom stereocenters. The topological polar surface area (TPSA) is 72.9 Å². The number of benzene rings is 2. The SMILES string of the molecule is COc1ccc(S(=O)(=O)N2CCC(=O)c3ccccc32)c(OC)c1. The fraction of sp³-hybridized carbons (Fsp3) is 0.235. The second-order valence-corrected chi connectivity index (χ2v) is 7.12.